The Balaban J connectivity index is 2.56. The lowest BCUT2D eigenvalue weighted by molar-refractivity contribution is -0.154. The number of carbonyl (C=O) groups is 3. The summed E-state index contributed by atoms with van der Waals surface area (Å²) in [5.41, 5.74) is 1.03. The molecule has 2 atom stereocenters. The van der Waals surface area contributed by atoms with E-state index < -0.39 is 34.0 Å². The monoisotopic (exact) mass is 413 g/mol. The Morgan fingerprint density at radius 1 is 1.04 bits per heavy atom. The predicted octanol–water partition coefficient (Wildman–Crippen LogP) is 1.62. The highest BCUT2D eigenvalue weighted by molar-refractivity contribution is 7.89. The van der Waals surface area contributed by atoms with E-state index in [4.69, 9.17) is 4.74 Å². The molecule has 1 aromatic carbocycles. The first-order chi connectivity index (χ1) is 13.0. The van der Waals surface area contributed by atoms with Crippen LogP contribution in [0, 0.1) is 0 Å². The summed E-state index contributed by atoms with van der Waals surface area (Å²) in [5, 5.41) is 5.18. The SMILES string of the molecule is CCCCS(=O)(=O)N[C@@H](C)C(=O)O[C@@H](C)C(=O)Nc1ccc(NC(C)=O)cc1. The van der Waals surface area contributed by atoms with Crippen LogP contribution in [-0.2, 0) is 29.1 Å². The third-order valence-corrected chi connectivity index (χ3v) is 5.15. The van der Waals surface area contributed by atoms with Crippen LogP contribution >= 0.6 is 0 Å². The van der Waals surface area contributed by atoms with Gasteiger partial charge in [0.2, 0.25) is 15.9 Å². The minimum atomic E-state index is -3.59. The Kier molecular flexibility index (Phi) is 9.07. The van der Waals surface area contributed by atoms with E-state index in [1.165, 1.54) is 20.8 Å². The molecule has 0 aliphatic carbocycles. The Bertz CT molecular complexity index is 792. The van der Waals surface area contributed by atoms with Crippen molar-refractivity contribution in [3.63, 3.8) is 0 Å². The van der Waals surface area contributed by atoms with Crippen molar-refractivity contribution in [3.8, 4) is 0 Å². The maximum atomic E-state index is 12.2. The van der Waals surface area contributed by atoms with E-state index in [2.05, 4.69) is 15.4 Å². The van der Waals surface area contributed by atoms with Gasteiger partial charge in [-0.1, -0.05) is 13.3 Å². The number of esters is 1. The number of nitrogens with one attached hydrogen (secondary N) is 3. The van der Waals surface area contributed by atoms with Crippen LogP contribution in [0.4, 0.5) is 11.4 Å². The number of benzene rings is 1. The zero-order valence-corrected chi connectivity index (χ0v) is 17.3. The number of anilines is 2. The Morgan fingerprint density at radius 2 is 1.57 bits per heavy atom. The minimum absolute atomic E-state index is 0.0777. The van der Waals surface area contributed by atoms with Gasteiger partial charge in [-0.3, -0.25) is 14.4 Å². The van der Waals surface area contributed by atoms with Gasteiger partial charge < -0.3 is 15.4 Å². The molecule has 0 unspecified atom stereocenters. The summed E-state index contributed by atoms with van der Waals surface area (Å²) < 4.78 is 30.9. The molecule has 10 heteroatoms. The van der Waals surface area contributed by atoms with Crippen molar-refractivity contribution in [2.75, 3.05) is 16.4 Å². The van der Waals surface area contributed by atoms with Crippen molar-refractivity contribution in [1.29, 1.82) is 0 Å². The van der Waals surface area contributed by atoms with Gasteiger partial charge in [0, 0.05) is 18.3 Å². The van der Waals surface area contributed by atoms with Gasteiger partial charge in [0.1, 0.15) is 6.04 Å². The molecule has 0 aliphatic heterocycles. The van der Waals surface area contributed by atoms with Crippen LogP contribution in [-0.4, -0.2) is 44.1 Å². The quantitative estimate of drug-likeness (QED) is 0.500. The molecule has 1 rings (SSSR count). The average molecular weight is 413 g/mol. The molecule has 0 radical (unpaired) electrons. The number of hydrogen-bond donors (Lipinski definition) is 3. The molecule has 0 bridgehead atoms. The van der Waals surface area contributed by atoms with Gasteiger partial charge in [-0.2, -0.15) is 0 Å². The Morgan fingerprint density at radius 3 is 2.07 bits per heavy atom. The molecule has 0 aromatic heterocycles. The fraction of sp³-hybridized carbons (Fsp3) is 0.500. The molecule has 0 heterocycles. The topological polar surface area (TPSA) is 131 Å². The van der Waals surface area contributed by atoms with Crippen molar-refractivity contribution in [3.05, 3.63) is 24.3 Å². The van der Waals surface area contributed by atoms with Gasteiger partial charge in [0.05, 0.1) is 5.75 Å². The highest BCUT2D eigenvalue weighted by Crippen LogP contribution is 2.14. The average Bonchev–Trinajstić information content (AvgIpc) is 2.60. The number of rotatable bonds is 10. The summed E-state index contributed by atoms with van der Waals surface area (Å²) in [6, 6.07) is 5.29. The largest absolute Gasteiger partial charge is 0.451 e. The Hall–Kier alpha value is -2.46. The molecule has 0 saturated heterocycles. The molecule has 2 amide bonds. The third kappa shape index (κ3) is 8.49. The Labute approximate surface area is 165 Å². The van der Waals surface area contributed by atoms with Gasteiger partial charge in [-0.25, -0.2) is 13.1 Å². The van der Waals surface area contributed by atoms with Crippen molar-refractivity contribution in [2.45, 2.75) is 52.7 Å². The second-order valence-electron chi connectivity index (χ2n) is 6.34. The first-order valence-corrected chi connectivity index (χ1v) is 10.6. The lowest BCUT2D eigenvalue weighted by Gasteiger charge is -2.17. The molecular formula is C18H27N3O6S. The van der Waals surface area contributed by atoms with Gasteiger partial charge in [-0.15, -0.1) is 0 Å². The number of hydrogen-bond acceptors (Lipinski definition) is 6. The fourth-order valence-corrected chi connectivity index (χ4v) is 3.55. The number of ether oxygens (including phenoxy) is 1. The van der Waals surface area contributed by atoms with Gasteiger partial charge in [0.25, 0.3) is 5.91 Å². The zero-order chi connectivity index (χ0) is 21.3. The summed E-state index contributed by atoms with van der Waals surface area (Å²) in [7, 11) is -3.59. The molecule has 0 fully saturated rings. The summed E-state index contributed by atoms with van der Waals surface area (Å²) >= 11 is 0. The van der Waals surface area contributed by atoms with E-state index >= 15 is 0 Å². The lowest BCUT2D eigenvalue weighted by Crippen LogP contribution is -2.43. The number of sulfonamides is 1. The standard InChI is InChI=1S/C18H27N3O6S/c1-5-6-11-28(25,26)21-12(2)18(24)27-13(3)17(23)20-16-9-7-15(8-10-16)19-14(4)22/h7-10,12-13,21H,5-6,11H2,1-4H3,(H,19,22)(H,20,23)/t12-,13-/m0/s1. The van der Waals surface area contributed by atoms with E-state index in [1.54, 1.807) is 24.3 Å². The normalized spacial score (nSPS) is 13.3. The summed E-state index contributed by atoms with van der Waals surface area (Å²) in [6.45, 7) is 5.99. The van der Waals surface area contributed by atoms with E-state index in [0.29, 0.717) is 24.2 Å². The second-order valence-corrected chi connectivity index (χ2v) is 8.21. The smallest absolute Gasteiger partial charge is 0.324 e. The third-order valence-electron chi connectivity index (χ3n) is 3.61. The van der Waals surface area contributed by atoms with Crippen molar-refractivity contribution in [1.82, 2.24) is 4.72 Å². The first kappa shape index (κ1) is 23.6. The van der Waals surface area contributed by atoms with E-state index in [1.807, 2.05) is 6.92 Å². The van der Waals surface area contributed by atoms with Gasteiger partial charge >= 0.3 is 5.97 Å². The zero-order valence-electron chi connectivity index (χ0n) is 16.4. The highest BCUT2D eigenvalue weighted by atomic mass is 32.2. The maximum absolute atomic E-state index is 12.2. The summed E-state index contributed by atoms with van der Waals surface area (Å²) in [6.07, 6.45) is 0.0736. The first-order valence-electron chi connectivity index (χ1n) is 8.93. The minimum Gasteiger partial charge on any atom is -0.451 e. The summed E-state index contributed by atoms with van der Waals surface area (Å²) in [4.78, 5) is 35.2. The molecule has 1 aromatic rings. The van der Waals surface area contributed by atoms with Crippen molar-refractivity contribution < 1.29 is 27.5 Å². The highest BCUT2D eigenvalue weighted by Gasteiger charge is 2.25. The molecule has 0 saturated carbocycles. The molecule has 0 spiro atoms. The predicted molar refractivity (Wildman–Crippen MR) is 106 cm³/mol. The van der Waals surface area contributed by atoms with Crippen LogP contribution in [0.25, 0.3) is 0 Å². The van der Waals surface area contributed by atoms with Crippen LogP contribution in [0.15, 0.2) is 24.3 Å². The van der Waals surface area contributed by atoms with E-state index in [0.717, 1.165) is 0 Å². The summed E-state index contributed by atoms with van der Waals surface area (Å²) in [5.74, 6) is -1.70. The molecule has 0 aliphatic rings. The molecule has 9 nitrogen and oxygen atoms in total. The molecular weight excluding hydrogens is 386 g/mol. The number of carbonyl (C=O) groups excluding carboxylic acids is 3. The van der Waals surface area contributed by atoms with E-state index in [-0.39, 0.29) is 11.7 Å². The second kappa shape index (κ2) is 10.8. The van der Waals surface area contributed by atoms with Crippen LogP contribution in [0.1, 0.15) is 40.5 Å². The van der Waals surface area contributed by atoms with E-state index in [9.17, 15) is 22.8 Å². The van der Waals surface area contributed by atoms with Crippen LogP contribution in [0.2, 0.25) is 0 Å². The van der Waals surface area contributed by atoms with Crippen LogP contribution in [0.5, 0.6) is 0 Å². The van der Waals surface area contributed by atoms with Gasteiger partial charge in [-0.05, 0) is 44.5 Å². The van der Waals surface area contributed by atoms with Crippen LogP contribution in [0.3, 0.4) is 0 Å². The molecule has 28 heavy (non-hydrogen) atoms. The van der Waals surface area contributed by atoms with Crippen LogP contribution < -0.4 is 15.4 Å². The molecule has 3 N–H and O–H groups in total. The molecule has 156 valence electrons. The van der Waals surface area contributed by atoms with Crippen molar-refractivity contribution >= 4 is 39.2 Å². The van der Waals surface area contributed by atoms with Crippen molar-refractivity contribution in [2.24, 2.45) is 0 Å². The maximum Gasteiger partial charge on any atom is 0.324 e. The number of amides is 2. The number of unbranched alkanes of at least 4 members (excludes halogenated alkanes) is 1. The van der Waals surface area contributed by atoms with Gasteiger partial charge in [0.15, 0.2) is 6.10 Å². The fourth-order valence-electron chi connectivity index (χ4n) is 2.12. The lowest BCUT2D eigenvalue weighted by atomic mass is 10.2.